The third-order valence-electron chi connectivity index (χ3n) is 6.94. The maximum absolute atomic E-state index is 14.6. The van der Waals surface area contributed by atoms with Gasteiger partial charge >= 0.3 is 0 Å². The third kappa shape index (κ3) is 4.58. The molecule has 3 rings (SSSR count). The van der Waals surface area contributed by atoms with Crippen molar-refractivity contribution in [2.75, 3.05) is 20.2 Å². The second-order valence-corrected chi connectivity index (χ2v) is 9.03. The van der Waals surface area contributed by atoms with Crippen LogP contribution in [0, 0.1) is 11.8 Å². The molecule has 2 aliphatic carbocycles. The van der Waals surface area contributed by atoms with Crippen LogP contribution in [0.2, 0.25) is 0 Å². The number of rotatable bonds is 3. The first-order chi connectivity index (χ1) is 13.7. The van der Waals surface area contributed by atoms with Gasteiger partial charge < -0.3 is 19.6 Å². The number of hydrogen-bond acceptors (Lipinski definition) is 4. The molecule has 0 aromatic heterocycles. The Balaban J connectivity index is 1.63. The van der Waals surface area contributed by atoms with Gasteiger partial charge in [0.15, 0.2) is 0 Å². The van der Waals surface area contributed by atoms with Gasteiger partial charge in [0.05, 0.1) is 24.0 Å². The molecule has 6 unspecified atom stereocenters. The van der Waals surface area contributed by atoms with Crippen LogP contribution in [0.5, 0.6) is 0 Å². The molecule has 0 radical (unpaired) electrons. The molecular weight excluding hydrogens is 382 g/mol. The van der Waals surface area contributed by atoms with Gasteiger partial charge in [-0.3, -0.25) is 9.59 Å². The molecule has 1 heterocycles. The predicted octanol–water partition coefficient (Wildman–Crippen LogP) is 2.09. The predicted molar refractivity (Wildman–Crippen MR) is 104 cm³/mol. The van der Waals surface area contributed by atoms with E-state index in [1.165, 1.54) is 0 Å². The van der Waals surface area contributed by atoms with Gasteiger partial charge in [0.1, 0.15) is 12.3 Å². The van der Waals surface area contributed by atoms with Crippen molar-refractivity contribution in [2.45, 2.75) is 89.0 Å². The standard InChI is InChI=1S/C21H34F2N2O4/c1-12-10-24(20(27)15-8-7-14(29-3)9-17(15)22)11-13(2)25(12)21(28)16-5-4-6-18(26)19(16)23/h12-19,26H,4-11H2,1-3H3/t12-,13-,14?,15?,16?,17?,18?,19?/m1/s1. The molecule has 2 saturated carbocycles. The SMILES string of the molecule is COC1CCC(C(=O)N2C[C@@H](C)N(C(=O)C3CCCC(O)C3F)[C@H](C)C2)C(F)C1. The van der Waals surface area contributed by atoms with Crippen molar-refractivity contribution >= 4 is 11.8 Å². The van der Waals surface area contributed by atoms with Gasteiger partial charge in [-0.15, -0.1) is 0 Å². The van der Waals surface area contributed by atoms with E-state index in [9.17, 15) is 23.5 Å². The van der Waals surface area contributed by atoms with Gasteiger partial charge in [-0.05, 0) is 46.0 Å². The number of alkyl halides is 2. The largest absolute Gasteiger partial charge is 0.390 e. The Hall–Kier alpha value is -1.28. The van der Waals surface area contributed by atoms with Crippen molar-refractivity contribution in [3.05, 3.63) is 0 Å². The van der Waals surface area contributed by atoms with Crippen LogP contribution in [-0.2, 0) is 14.3 Å². The maximum atomic E-state index is 14.6. The summed E-state index contributed by atoms with van der Waals surface area (Å²) in [5, 5.41) is 9.80. The van der Waals surface area contributed by atoms with Crippen molar-refractivity contribution < 1.29 is 28.2 Å². The molecule has 3 aliphatic rings. The molecule has 2 amide bonds. The Labute approximate surface area is 171 Å². The minimum absolute atomic E-state index is 0.138. The van der Waals surface area contributed by atoms with Crippen molar-refractivity contribution in [1.82, 2.24) is 9.80 Å². The third-order valence-corrected chi connectivity index (χ3v) is 6.94. The number of ether oxygens (including phenoxy) is 1. The van der Waals surface area contributed by atoms with E-state index in [1.54, 1.807) is 16.9 Å². The fourth-order valence-electron chi connectivity index (χ4n) is 5.33. The fraction of sp³-hybridized carbons (Fsp3) is 0.905. The number of methoxy groups -OCH3 is 1. The normalized spacial score (nSPS) is 41.3. The van der Waals surface area contributed by atoms with Crippen LogP contribution in [0.4, 0.5) is 8.78 Å². The van der Waals surface area contributed by atoms with Gasteiger partial charge in [-0.25, -0.2) is 8.78 Å². The topological polar surface area (TPSA) is 70.1 Å². The van der Waals surface area contributed by atoms with Crippen LogP contribution in [-0.4, -0.2) is 83.6 Å². The molecule has 29 heavy (non-hydrogen) atoms. The molecule has 6 nitrogen and oxygen atoms in total. The lowest BCUT2D eigenvalue weighted by atomic mass is 9.83. The molecule has 1 aliphatic heterocycles. The van der Waals surface area contributed by atoms with Crippen LogP contribution in [0.3, 0.4) is 0 Å². The molecule has 1 saturated heterocycles. The number of carbonyl (C=O) groups is 2. The summed E-state index contributed by atoms with van der Waals surface area (Å²) < 4.78 is 34.2. The summed E-state index contributed by atoms with van der Waals surface area (Å²) in [6.07, 6.45) is -1.19. The second-order valence-electron chi connectivity index (χ2n) is 9.03. The average molecular weight is 417 g/mol. The van der Waals surface area contributed by atoms with E-state index in [0.29, 0.717) is 45.2 Å². The lowest BCUT2D eigenvalue weighted by molar-refractivity contribution is -0.156. The second kappa shape index (κ2) is 9.25. The van der Waals surface area contributed by atoms with E-state index in [4.69, 9.17) is 4.74 Å². The van der Waals surface area contributed by atoms with Crippen LogP contribution < -0.4 is 0 Å². The highest BCUT2D eigenvalue weighted by atomic mass is 19.1. The first-order valence-corrected chi connectivity index (χ1v) is 10.8. The molecule has 0 aromatic carbocycles. The highest BCUT2D eigenvalue weighted by Gasteiger charge is 2.45. The summed E-state index contributed by atoms with van der Waals surface area (Å²) in [7, 11) is 1.56. The van der Waals surface area contributed by atoms with Gasteiger partial charge in [0, 0.05) is 38.7 Å². The summed E-state index contributed by atoms with van der Waals surface area (Å²) in [4.78, 5) is 29.3. The smallest absolute Gasteiger partial charge is 0.229 e. The number of piperazine rings is 1. The van der Waals surface area contributed by atoms with Crippen molar-refractivity contribution in [2.24, 2.45) is 11.8 Å². The lowest BCUT2D eigenvalue weighted by Crippen LogP contribution is -2.63. The van der Waals surface area contributed by atoms with Crippen LogP contribution >= 0.6 is 0 Å². The minimum atomic E-state index is -1.54. The summed E-state index contributed by atoms with van der Waals surface area (Å²) in [6.45, 7) is 4.32. The molecular formula is C21H34F2N2O4. The van der Waals surface area contributed by atoms with E-state index >= 15 is 0 Å². The number of carbonyl (C=O) groups excluding carboxylic acids is 2. The lowest BCUT2D eigenvalue weighted by Gasteiger charge is -2.47. The van der Waals surface area contributed by atoms with E-state index in [2.05, 4.69) is 0 Å². The van der Waals surface area contributed by atoms with Crippen molar-refractivity contribution in [1.29, 1.82) is 0 Å². The zero-order valence-electron chi connectivity index (χ0n) is 17.6. The highest BCUT2D eigenvalue weighted by Crippen LogP contribution is 2.33. The van der Waals surface area contributed by atoms with E-state index < -0.39 is 30.3 Å². The minimum Gasteiger partial charge on any atom is -0.390 e. The van der Waals surface area contributed by atoms with Crippen LogP contribution in [0.15, 0.2) is 0 Å². The molecule has 3 fully saturated rings. The summed E-state index contributed by atoms with van der Waals surface area (Å²) >= 11 is 0. The summed E-state index contributed by atoms with van der Waals surface area (Å²) in [5.74, 6) is -1.97. The number of aliphatic hydroxyl groups is 1. The van der Waals surface area contributed by atoms with E-state index in [-0.39, 0.29) is 36.4 Å². The van der Waals surface area contributed by atoms with Gasteiger partial charge in [-0.1, -0.05) is 0 Å². The van der Waals surface area contributed by atoms with Crippen molar-refractivity contribution in [3.8, 4) is 0 Å². The number of halogens is 2. The average Bonchev–Trinajstić information content (AvgIpc) is 2.68. The Morgan fingerprint density at radius 3 is 2.21 bits per heavy atom. The summed E-state index contributed by atoms with van der Waals surface area (Å²) in [6, 6.07) is -0.565. The van der Waals surface area contributed by atoms with Gasteiger partial charge in [0.2, 0.25) is 11.8 Å². The van der Waals surface area contributed by atoms with Crippen LogP contribution in [0.1, 0.15) is 52.4 Å². The van der Waals surface area contributed by atoms with E-state index in [1.807, 2.05) is 13.8 Å². The number of aliphatic hydroxyl groups excluding tert-OH is 1. The first kappa shape index (κ1) is 22.4. The summed E-state index contributed by atoms with van der Waals surface area (Å²) in [5.41, 5.74) is 0. The molecule has 1 N–H and O–H groups in total. The fourth-order valence-corrected chi connectivity index (χ4v) is 5.33. The molecule has 0 bridgehead atoms. The number of nitrogens with zero attached hydrogens (tertiary/aromatic N) is 2. The Kier molecular flexibility index (Phi) is 7.14. The highest BCUT2D eigenvalue weighted by molar-refractivity contribution is 5.82. The number of amides is 2. The number of hydrogen-bond donors (Lipinski definition) is 1. The van der Waals surface area contributed by atoms with Crippen molar-refractivity contribution in [3.63, 3.8) is 0 Å². The monoisotopic (exact) mass is 416 g/mol. The van der Waals surface area contributed by atoms with Crippen LogP contribution in [0.25, 0.3) is 0 Å². The first-order valence-electron chi connectivity index (χ1n) is 10.8. The zero-order chi connectivity index (χ0) is 21.3. The quantitative estimate of drug-likeness (QED) is 0.765. The molecule has 0 aromatic rings. The van der Waals surface area contributed by atoms with E-state index in [0.717, 1.165) is 0 Å². The van der Waals surface area contributed by atoms with Gasteiger partial charge in [0.25, 0.3) is 0 Å². The molecule has 8 atom stereocenters. The Morgan fingerprint density at radius 2 is 1.62 bits per heavy atom. The Morgan fingerprint density at radius 1 is 0.966 bits per heavy atom. The zero-order valence-corrected chi connectivity index (χ0v) is 17.6. The van der Waals surface area contributed by atoms with Gasteiger partial charge in [-0.2, -0.15) is 0 Å². The molecule has 0 spiro atoms. The Bertz CT molecular complexity index is 595. The molecule has 8 heteroatoms. The molecule has 166 valence electrons. The maximum Gasteiger partial charge on any atom is 0.229 e.